The Balaban J connectivity index is 1.31. The monoisotopic (exact) mass is 466 g/mol. The lowest BCUT2D eigenvalue weighted by Gasteiger charge is -2.38. The van der Waals surface area contributed by atoms with Gasteiger partial charge in [-0.05, 0) is 81.4 Å². The first-order valence-electron chi connectivity index (χ1n) is 12.6. The molecule has 0 saturated carbocycles. The second-order valence-electron chi connectivity index (χ2n) is 9.83. The van der Waals surface area contributed by atoms with Gasteiger partial charge in [0.2, 0.25) is 0 Å². The fourth-order valence-corrected chi connectivity index (χ4v) is 6.13. The lowest BCUT2D eigenvalue weighted by Crippen LogP contribution is -2.29. The van der Waals surface area contributed by atoms with Crippen LogP contribution in [0.25, 0.3) is 21.5 Å². The first kappa shape index (κ1) is 21.0. The molecule has 36 heavy (non-hydrogen) atoms. The summed E-state index contributed by atoms with van der Waals surface area (Å²) in [7, 11) is 0. The highest BCUT2D eigenvalue weighted by atomic mass is 16.1. The van der Waals surface area contributed by atoms with Crippen LogP contribution in [0.15, 0.2) is 115 Å². The third-order valence-electron chi connectivity index (χ3n) is 7.78. The molecule has 3 unspecified atom stereocenters. The molecular weight excluding hydrogens is 440 g/mol. The van der Waals surface area contributed by atoms with Gasteiger partial charge in [0.25, 0.3) is 5.91 Å². The molecule has 5 aromatic carbocycles. The zero-order valence-corrected chi connectivity index (χ0v) is 19.8. The number of benzene rings is 5. The second kappa shape index (κ2) is 8.39. The predicted octanol–water partition coefficient (Wildman–Crippen LogP) is 8.07. The number of anilines is 2. The van der Waals surface area contributed by atoms with Crippen molar-refractivity contribution in [1.29, 1.82) is 0 Å². The molecule has 1 aliphatic carbocycles. The van der Waals surface area contributed by atoms with E-state index in [1.165, 1.54) is 32.7 Å². The molecule has 2 aliphatic rings. The van der Waals surface area contributed by atoms with Crippen molar-refractivity contribution < 1.29 is 4.79 Å². The zero-order chi connectivity index (χ0) is 24.1. The van der Waals surface area contributed by atoms with Gasteiger partial charge in [0.05, 0.1) is 6.04 Å². The Bertz CT molecular complexity index is 1600. The fraction of sp³-hybridized carbons (Fsp3) is 0.121. The van der Waals surface area contributed by atoms with Gasteiger partial charge in [-0.1, -0.05) is 78.9 Å². The maximum Gasteiger partial charge on any atom is 0.255 e. The highest BCUT2D eigenvalue weighted by Gasteiger charge is 2.39. The smallest absolute Gasteiger partial charge is 0.255 e. The summed E-state index contributed by atoms with van der Waals surface area (Å²) < 4.78 is 0. The van der Waals surface area contributed by atoms with Crippen LogP contribution in [0.2, 0.25) is 0 Å². The molecule has 3 atom stereocenters. The summed E-state index contributed by atoms with van der Waals surface area (Å²) in [5.74, 6) is 0.627. The van der Waals surface area contributed by atoms with Crippen molar-refractivity contribution in [3.05, 3.63) is 132 Å². The van der Waals surface area contributed by atoms with E-state index in [4.69, 9.17) is 0 Å². The Morgan fingerprint density at radius 3 is 2.22 bits per heavy atom. The van der Waals surface area contributed by atoms with E-state index in [2.05, 4.69) is 89.5 Å². The lowest BCUT2D eigenvalue weighted by atomic mass is 9.75. The van der Waals surface area contributed by atoms with Crippen molar-refractivity contribution in [1.82, 2.24) is 0 Å². The number of nitrogens with one attached hydrogen (secondary N) is 2. The predicted molar refractivity (Wildman–Crippen MR) is 149 cm³/mol. The number of rotatable bonds is 3. The van der Waals surface area contributed by atoms with Gasteiger partial charge in [-0.3, -0.25) is 4.79 Å². The third-order valence-corrected chi connectivity index (χ3v) is 7.78. The van der Waals surface area contributed by atoms with E-state index >= 15 is 0 Å². The molecule has 7 rings (SSSR count). The molecule has 0 bridgehead atoms. The summed E-state index contributed by atoms with van der Waals surface area (Å²) in [6.45, 7) is 0. The number of carbonyl (C=O) groups excluding carboxylic acids is 1. The second-order valence-corrected chi connectivity index (χ2v) is 9.83. The van der Waals surface area contributed by atoms with Crippen molar-refractivity contribution in [2.75, 3.05) is 10.6 Å². The molecule has 1 amide bonds. The summed E-state index contributed by atoms with van der Waals surface area (Å²) in [4.78, 5) is 12.8. The van der Waals surface area contributed by atoms with E-state index < -0.39 is 0 Å². The van der Waals surface area contributed by atoms with Gasteiger partial charge in [0, 0.05) is 22.9 Å². The first-order valence-corrected chi connectivity index (χ1v) is 12.6. The van der Waals surface area contributed by atoms with Gasteiger partial charge >= 0.3 is 0 Å². The zero-order valence-electron chi connectivity index (χ0n) is 19.8. The normalized spacial score (nSPS) is 20.1. The van der Waals surface area contributed by atoms with Gasteiger partial charge in [-0.15, -0.1) is 0 Å². The number of amides is 1. The molecule has 3 nitrogen and oxygen atoms in total. The first-order chi connectivity index (χ1) is 17.8. The van der Waals surface area contributed by atoms with Gasteiger partial charge in [-0.2, -0.15) is 0 Å². The SMILES string of the molecule is O=C(Nc1ccc2c(c1)C1C=CCC1C(c1c3ccccc3cc3ccccc13)N2)c1ccccc1. The van der Waals surface area contributed by atoms with E-state index in [-0.39, 0.29) is 11.9 Å². The molecule has 174 valence electrons. The van der Waals surface area contributed by atoms with Crippen LogP contribution >= 0.6 is 0 Å². The number of hydrogen-bond donors (Lipinski definition) is 2. The lowest BCUT2D eigenvalue weighted by molar-refractivity contribution is 0.102. The summed E-state index contributed by atoms with van der Waals surface area (Å²) in [5.41, 5.74) is 5.27. The van der Waals surface area contributed by atoms with Crippen molar-refractivity contribution in [3.63, 3.8) is 0 Å². The van der Waals surface area contributed by atoms with Crippen LogP contribution in [0, 0.1) is 5.92 Å². The average Bonchev–Trinajstić information content (AvgIpc) is 3.43. The molecule has 0 radical (unpaired) electrons. The Morgan fingerprint density at radius 2 is 1.47 bits per heavy atom. The van der Waals surface area contributed by atoms with Crippen molar-refractivity contribution in [2.24, 2.45) is 5.92 Å². The largest absolute Gasteiger partial charge is 0.378 e. The standard InChI is InChI=1S/C33H26N2O/c36-33(21-9-2-1-3-10-21)34-24-17-18-30-29(20-24)27-15-8-16-28(27)32(35-30)31-25-13-6-4-11-22(25)19-23-12-5-7-14-26(23)31/h1-15,17-20,27-28,32,35H,16H2,(H,34,36). The number of hydrogen-bond acceptors (Lipinski definition) is 2. The van der Waals surface area contributed by atoms with Crippen molar-refractivity contribution in [3.8, 4) is 0 Å². The summed E-state index contributed by atoms with van der Waals surface area (Å²) in [6, 6.07) is 35.6. The Labute approximate surface area is 210 Å². The van der Waals surface area contributed by atoms with Gasteiger partial charge in [0.1, 0.15) is 0 Å². The maximum atomic E-state index is 12.8. The molecule has 0 saturated heterocycles. The molecule has 2 N–H and O–H groups in total. The van der Waals surface area contributed by atoms with Crippen LogP contribution in [0.1, 0.15) is 39.9 Å². The number of allylic oxidation sites excluding steroid dienone is 2. The Kier molecular flexibility index (Phi) is 4.88. The van der Waals surface area contributed by atoms with Crippen molar-refractivity contribution in [2.45, 2.75) is 18.4 Å². The van der Waals surface area contributed by atoms with Gasteiger partial charge in [-0.25, -0.2) is 0 Å². The molecule has 1 heterocycles. The van der Waals surface area contributed by atoms with E-state index in [1.54, 1.807) is 0 Å². The van der Waals surface area contributed by atoms with Crippen LogP contribution in [0.5, 0.6) is 0 Å². The molecule has 0 spiro atoms. The van der Waals surface area contributed by atoms with Gasteiger partial charge in [0.15, 0.2) is 0 Å². The maximum absolute atomic E-state index is 12.8. The Morgan fingerprint density at radius 1 is 0.778 bits per heavy atom. The minimum Gasteiger partial charge on any atom is -0.378 e. The molecule has 0 aromatic heterocycles. The molecular formula is C33H26N2O. The number of fused-ring (bicyclic) bond motifs is 5. The molecule has 3 heteroatoms. The molecule has 1 aliphatic heterocycles. The molecule has 5 aromatic rings. The van der Waals surface area contributed by atoms with E-state index in [9.17, 15) is 4.79 Å². The van der Waals surface area contributed by atoms with Crippen LogP contribution in [-0.4, -0.2) is 5.91 Å². The molecule has 0 fully saturated rings. The van der Waals surface area contributed by atoms with Crippen LogP contribution in [0.4, 0.5) is 11.4 Å². The fourth-order valence-electron chi connectivity index (χ4n) is 6.13. The van der Waals surface area contributed by atoms with Crippen molar-refractivity contribution >= 4 is 38.8 Å². The summed E-state index contributed by atoms with van der Waals surface area (Å²) in [5, 5.41) is 12.2. The number of carbonyl (C=O) groups is 1. The summed E-state index contributed by atoms with van der Waals surface area (Å²) in [6.07, 6.45) is 5.70. The van der Waals surface area contributed by atoms with Gasteiger partial charge < -0.3 is 10.6 Å². The van der Waals surface area contributed by atoms with E-state index in [0.717, 1.165) is 17.8 Å². The Hall–Kier alpha value is -4.37. The summed E-state index contributed by atoms with van der Waals surface area (Å²) >= 11 is 0. The highest BCUT2D eigenvalue weighted by molar-refractivity contribution is 6.05. The average molecular weight is 467 g/mol. The third kappa shape index (κ3) is 3.39. The van der Waals surface area contributed by atoms with E-state index in [1.807, 2.05) is 36.4 Å². The highest BCUT2D eigenvalue weighted by Crippen LogP contribution is 2.52. The minimum atomic E-state index is -0.0852. The quantitative estimate of drug-likeness (QED) is 0.208. The topological polar surface area (TPSA) is 41.1 Å². The van der Waals surface area contributed by atoms with Crippen LogP contribution < -0.4 is 10.6 Å². The van der Waals surface area contributed by atoms with Crippen LogP contribution in [0.3, 0.4) is 0 Å². The van der Waals surface area contributed by atoms with Crippen LogP contribution in [-0.2, 0) is 0 Å². The van der Waals surface area contributed by atoms with E-state index in [0.29, 0.717) is 17.4 Å². The minimum absolute atomic E-state index is 0.0852.